The van der Waals surface area contributed by atoms with Gasteiger partial charge < -0.3 is 10.8 Å². The molecule has 0 heterocycles. The van der Waals surface area contributed by atoms with Crippen LogP contribution in [0.2, 0.25) is 0 Å². The highest BCUT2D eigenvalue weighted by atomic mass is 32.2. The highest BCUT2D eigenvalue weighted by Gasteiger charge is 2.41. The number of thioether (sulfide) groups is 1. The molecule has 0 aromatic rings. The van der Waals surface area contributed by atoms with Crippen LogP contribution in [0, 0.1) is 5.92 Å². The molecule has 0 amide bonds. The zero-order valence-corrected chi connectivity index (χ0v) is 9.07. The van der Waals surface area contributed by atoms with Crippen molar-refractivity contribution in [3.05, 3.63) is 0 Å². The predicted molar refractivity (Wildman–Crippen MR) is 52.8 cm³/mol. The standard InChI is InChI=1S/C8H14F3NO2S/c1-15-4-6(12)2-5(3-7(13)14)8(9,10)11/h5-6H,2-4,12H2,1H3,(H,13,14)/t5-,6-/m1/s1. The minimum absolute atomic E-state index is 0.337. The molecule has 3 N–H and O–H groups in total. The van der Waals surface area contributed by atoms with Crippen molar-refractivity contribution >= 4 is 17.7 Å². The maximum atomic E-state index is 12.4. The number of alkyl halides is 3. The van der Waals surface area contributed by atoms with Crippen molar-refractivity contribution in [2.75, 3.05) is 12.0 Å². The lowest BCUT2D eigenvalue weighted by Crippen LogP contribution is -2.34. The monoisotopic (exact) mass is 245 g/mol. The van der Waals surface area contributed by atoms with Crippen LogP contribution in [-0.2, 0) is 4.79 Å². The van der Waals surface area contributed by atoms with Gasteiger partial charge in [0.05, 0.1) is 12.3 Å². The van der Waals surface area contributed by atoms with E-state index in [1.807, 2.05) is 0 Å². The Morgan fingerprint density at radius 2 is 2.07 bits per heavy atom. The van der Waals surface area contributed by atoms with E-state index in [0.717, 1.165) is 0 Å². The van der Waals surface area contributed by atoms with Crippen LogP contribution in [0.15, 0.2) is 0 Å². The van der Waals surface area contributed by atoms with Gasteiger partial charge in [0.25, 0.3) is 0 Å². The zero-order valence-electron chi connectivity index (χ0n) is 8.25. The van der Waals surface area contributed by atoms with Crippen molar-refractivity contribution in [1.82, 2.24) is 0 Å². The summed E-state index contributed by atoms with van der Waals surface area (Å²) in [7, 11) is 0. The molecule has 15 heavy (non-hydrogen) atoms. The van der Waals surface area contributed by atoms with Gasteiger partial charge in [0.1, 0.15) is 0 Å². The van der Waals surface area contributed by atoms with Gasteiger partial charge in [-0.05, 0) is 12.7 Å². The first-order chi connectivity index (χ1) is 6.77. The molecule has 0 rings (SSSR count). The Bertz CT molecular complexity index is 211. The second-order valence-corrected chi connectivity index (χ2v) is 4.20. The molecule has 0 aromatic heterocycles. The fourth-order valence-corrected chi connectivity index (χ4v) is 1.76. The van der Waals surface area contributed by atoms with Gasteiger partial charge in [-0.25, -0.2) is 0 Å². The van der Waals surface area contributed by atoms with Crippen LogP contribution in [0.1, 0.15) is 12.8 Å². The summed E-state index contributed by atoms with van der Waals surface area (Å²) < 4.78 is 37.1. The molecule has 0 unspecified atom stereocenters. The molecule has 2 atom stereocenters. The van der Waals surface area contributed by atoms with E-state index in [1.54, 1.807) is 6.26 Å². The molecule has 0 aliphatic heterocycles. The first-order valence-corrected chi connectivity index (χ1v) is 5.69. The smallest absolute Gasteiger partial charge is 0.392 e. The van der Waals surface area contributed by atoms with Gasteiger partial charge in [-0.2, -0.15) is 24.9 Å². The van der Waals surface area contributed by atoms with Gasteiger partial charge in [0.15, 0.2) is 0 Å². The van der Waals surface area contributed by atoms with Gasteiger partial charge in [0, 0.05) is 11.8 Å². The third kappa shape index (κ3) is 6.62. The molecule has 3 nitrogen and oxygen atoms in total. The number of carboxylic acids is 1. The summed E-state index contributed by atoms with van der Waals surface area (Å²) in [5.74, 6) is -2.91. The van der Waals surface area contributed by atoms with E-state index < -0.39 is 30.5 Å². The largest absolute Gasteiger partial charge is 0.481 e. The number of rotatable bonds is 6. The Morgan fingerprint density at radius 3 is 2.40 bits per heavy atom. The Morgan fingerprint density at radius 1 is 1.53 bits per heavy atom. The molecule has 0 aromatic carbocycles. The molecule has 7 heteroatoms. The maximum absolute atomic E-state index is 12.4. The minimum atomic E-state index is -4.49. The number of halogens is 3. The second-order valence-electron chi connectivity index (χ2n) is 3.29. The SMILES string of the molecule is CSC[C@H](N)C[C@H](CC(=O)O)C(F)(F)F. The van der Waals surface area contributed by atoms with E-state index >= 15 is 0 Å². The minimum Gasteiger partial charge on any atom is -0.481 e. The number of aliphatic carboxylic acids is 1. The van der Waals surface area contributed by atoms with Crippen LogP contribution in [0.3, 0.4) is 0 Å². The third-order valence-corrected chi connectivity index (χ3v) is 2.61. The van der Waals surface area contributed by atoms with Gasteiger partial charge in [0.2, 0.25) is 0 Å². The Hall–Kier alpha value is -0.430. The summed E-state index contributed by atoms with van der Waals surface area (Å²) in [5.41, 5.74) is 5.44. The lowest BCUT2D eigenvalue weighted by Gasteiger charge is -2.21. The number of hydrogen-bond acceptors (Lipinski definition) is 3. The van der Waals surface area contributed by atoms with E-state index in [9.17, 15) is 18.0 Å². The van der Waals surface area contributed by atoms with E-state index in [2.05, 4.69) is 0 Å². The van der Waals surface area contributed by atoms with Crippen LogP contribution >= 0.6 is 11.8 Å². The van der Waals surface area contributed by atoms with Crippen molar-refractivity contribution in [2.24, 2.45) is 11.7 Å². The summed E-state index contributed by atoms with van der Waals surface area (Å²) in [6.45, 7) is 0. The van der Waals surface area contributed by atoms with E-state index in [-0.39, 0.29) is 6.42 Å². The molecule has 0 aliphatic carbocycles. The average molecular weight is 245 g/mol. The average Bonchev–Trinajstić information content (AvgIpc) is 2.00. The fourth-order valence-electron chi connectivity index (χ4n) is 1.19. The van der Waals surface area contributed by atoms with Crippen LogP contribution < -0.4 is 5.73 Å². The van der Waals surface area contributed by atoms with Gasteiger partial charge >= 0.3 is 12.1 Å². The predicted octanol–water partition coefficient (Wildman–Crippen LogP) is 1.72. The normalized spacial score (nSPS) is 16.1. The number of carboxylic acid groups (broad SMARTS) is 1. The molecule has 0 radical (unpaired) electrons. The van der Waals surface area contributed by atoms with E-state index in [0.29, 0.717) is 5.75 Å². The summed E-state index contributed by atoms with van der Waals surface area (Å²) in [4.78, 5) is 10.2. The Labute approximate surface area is 90.2 Å². The van der Waals surface area contributed by atoms with E-state index in [1.165, 1.54) is 11.8 Å². The highest BCUT2D eigenvalue weighted by molar-refractivity contribution is 7.98. The molecule has 0 aliphatic rings. The second kappa shape index (κ2) is 6.22. The lowest BCUT2D eigenvalue weighted by molar-refractivity contribution is -0.185. The molecular formula is C8H14F3NO2S. The lowest BCUT2D eigenvalue weighted by atomic mass is 9.97. The maximum Gasteiger partial charge on any atom is 0.392 e. The zero-order chi connectivity index (χ0) is 12.1. The van der Waals surface area contributed by atoms with Gasteiger partial charge in [-0.1, -0.05) is 0 Å². The topological polar surface area (TPSA) is 63.3 Å². The summed E-state index contributed by atoms with van der Waals surface area (Å²) >= 11 is 1.34. The molecule has 0 fully saturated rings. The summed E-state index contributed by atoms with van der Waals surface area (Å²) in [6, 6.07) is -0.619. The molecule has 0 spiro atoms. The molecule has 0 bridgehead atoms. The molecule has 0 saturated carbocycles. The number of nitrogens with two attached hydrogens (primary N) is 1. The van der Waals surface area contributed by atoms with Crippen LogP contribution in [0.25, 0.3) is 0 Å². The summed E-state index contributed by atoms with van der Waals surface area (Å²) in [5, 5.41) is 8.34. The van der Waals surface area contributed by atoms with Gasteiger partial charge in [-0.3, -0.25) is 4.79 Å². The van der Waals surface area contributed by atoms with E-state index in [4.69, 9.17) is 10.8 Å². The van der Waals surface area contributed by atoms with Gasteiger partial charge in [-0.15, -0.1) is 0 Å². The molecular weight excluding hydrogens is 231 g/mol. The quantitative estimate of drug-likeness (QED) is 0.748. The van der Waals surface area contributed by atoms with Crippen molar-refractivity contribution in [1.29, 1.82) is 0 Å². The van der Waals surface area contributed by atoms with Crippen molar-refractivity contribution in [3.63, 3.8) is 0 Å². The first kappa shape index (κ1) is 14.6. The Kier molecular flexibility index (Phi) is 6.04. The third-order valence-electron chi connectivity index (χ3n) is 1.85. The van der Waals surface area contributed by atoms with Crippen LogP contribution in [-0.4, -0.2) is 35.3 Å². The Balaban J connectivity index is 4.31. The first-order valence-electron chi connectivity index (χ1n) is 4.30. The molecule has 90 valence electrons. The van der Waals surface area contributed by atoms with Crippen molar-refractivity contribution < 1.29 is 23.1 Å². The van der Waals surface area contributed by atoms with Crippen molar-refractivity contribution in [2.45, 2.75) is 25.1 Å². The summed E-state index contributed by atoms with van der Waals surface area (Å²) in [6.07, 6.45) is -4.00. The molecule has 0 saturated heterocycles. The van der Waals surface area contributed by atoms with Crippen LogP contribution in [0.5, 0.6) is 0 Å². The van der Waals surface area contributed by atoms with Crippen LogP contribution in [0.4, 0.5) is 13.2 Å². The van der Waals surface area contributed by atoms with Crippen molar-refractivity contribution in [3.8, 4) is 0 Å². The number of hydrogen-bond donors (Lipinski definition) is 2. The highest BCUT2D eigenvalue weighted by Crippen LogP contribution is 2.32. The fraction of sp³-hybridized carbons (Fsp3) is 0.875. The number of carbonyl (C=O) groups is 1.